The summed E-state index contributed by atoms with van der Waals surface area (Å²) in [7, 11) is 0. The number of hydrogen-bond donors (Lipinski definition) is 0. The van der Waals surface area contributed by atoms with Gasteiger partial charge in [0.15, 0.2) is 0 Å². The molecule has 8 heavy (non-hydrogen) atoms. The molecule has 1 rings (SSSR count). The van der Waals surface area contributed by atoms with Crippen LogP contribution in [0.15, 0.2) is 30.3 Å². The SMILES string of the molecule is [CH3-].[Rh+2].[c-]1ccccc1. The Labute approximate surface area is 63.7 Å². The molecule has 1 heteroatoms. The Kier molecular flexibility index (Phi) is 9.20. The fourth-order valence-corrected chi connectivity index (χ4v) is 0.342. The van der Waals surface area contributed by atoms with E-state index >= 15 is 0 Å². The Morgan fingerprint density at radius 2 is 1.38 bits per heavy atom. The van der Waals surface area contributed by atoms with Crippen molar-refractivity contribution in [3.8, 4) is 0 Å². The van der Waals surface area contributed by atoms with Gasteiger partial charge >= 0.3 is 19.5 Å². The molecule has 45 valence electrons. The molecule has 1 aromatic rings. The van der Waals surface area contributed by atoms with Crippen molar-refractivity contribution in [3.63, 3.8) is 0 Å². The van der Waals surface area contributed by atoms with Crippen molar-refractivity contribution in [2.45, 2.75) is 0 Å². The van der Waals surface area contributed by atoms with Crippen molar-refractivity contribution in [1.29, 1.82) is 0 Å². The van der Waals surface area contributed by atoms with Gasteiger partial charge in [-0.1, -0.05) is 0 Å². The molecule has 0 amide bonds. The summed E-state index contributed by atoms with van der Waals surface area (Å²) < 4.78 is 0. The maximum atomic E-state index is 2.89. The van der Waals surface area contributed by atoms with E-state index in [4.69, 9.17) is 0 Å². The normalized spacial score (nSPS) is 6.00. The molecule has 0 bridgehead atoms. The number of rotatable bonds is 0. The number of benzene rings is 1. The van der Waals surface area contributed by atoms with Crippen LogP contribution in [0, 0.1) is 13.5 Å². The van der Waals surface area contributed by atoms with Crippen LogP contribution in [0.1, 0.15) is 0 Å². The summed E-state index contributed by atoms with van der Waals surface area (Å²) in [6, 6.07) is 12.5. The van der Waals surface area contributed by atoms with E-state index < -0.39 is 0 Å². The topological polar surface area (TPSA) is 0 Å². The molecule has 0 N–H and O–H groups in total. The van der Waals surface area contributed by atoms with E-state index in [1.807, 2.05) is 30.3 Å². The largest absolute Gasteiger partial charge is 2.00 e. The molecule has 0 heterocycles. The third kappa shape index (κ3) is 4.01. The third-order valence-electron chi connectivity index (χ3n) is 0.607. The Morgan fingerprint density at radius 1 is 0.875 bits per heavy atom. The van der Waals surface area contributed by atoms with Crippen molar-refractivity contribution in [2.75, 3.05) is 0 Å². The van der Waals surface area contributed by atoms with Crippen LogP contribution < -0.4 is 0 Å². The van der Waals surface area contributed by atoms with E-state index in [2.05, 4.69) is 6.07 Å². The summed E-state index contributed by atoms with van der Waals surface area (Å²) in [6.45, 7) is 0. The smallest absolute Gasteiger partial charge is 0.358 e. The molecule has 1 aromatic carbocycles. The van der Waals surface area contributed by atoms with E-state index in [0.717, 1.165) is 0 Å². The van der Waals surface area contributed by atoms with Crippen LogP contribution in [0.4, 0.5) is 0 Å². The molecule has 0 saturated carbocycles. The minimum absolute atomic E-state index is 0. The molecule has 0 saturated heterocycles. The van der Waals surface area contributed by atoms with Crippen molar-refractivity contribution < 1.29 is 19.5 Å². The van der Waals surface area contributed by atoms with Gasteiger partial charge in [-0.3, -0.25) is 0 Å². The Hall–Kier alpha value is -0.157. The first-order chi connectivity index (χ1) is 3.00. The van der Waals surface area contributed by atoms with Gasteiger partial charge < -0.3 is 7.43 Å². The molecule has 0 aromatic heterocycles. The van der Waals surface area contributed by atoms with Crippen molar-refractivity contribution in [2.24, 2.45) is 0 Å². The summed E-state index contributed by atoms with van der Waals surface area (Å²) in [4.78, 5) is 0. The Balaban J connectivity index is 0. The van der Waals surface area contributed by atoms with Gasteiger partial charge in [-0.25, -0.2) is 0 Å². The fourth-order valence-electron chi connectivity index (χ4n) is 0.342. The fraction of sp³-hybridized carbons (Fsp3) is 0. The average molecular weight is 195 g/mol. The van der Waals surface area contributed by atoms with Gasteiger partial charge in [-0.15, -0.1) is 0 Å². The van der Waals surface area contributed by atoms with Gasteiger partial charge in [-0.05, 0) is 0 Å². The second kappa shape index (κ2) is 6.84. The second-order valence-electron chi connectivity index (χ2n) is 1.08. The molecule has 0 aliphatic rings. The molecule has 1 radical (unpaired) electrons. The minimum atomic E-state index is 0. The monoisotopic (exact) mass is 195 g/mol. The zero-order valence-corrected chi connectivity index (χ0v) is 6.36. The summed E-state index contributed by atoms with van der Waals surface area (Å²) in [5.41, 5.74) is 0. The first kappa shape index (κ1) is 10.8. The summed E-state index contributed by atoms with van der Waals surface area (Å²) >= 11 is 0. The third-order valence-corrected chi connectivity index (χ3v) is 0.607. The van der Waals surface area contributed by atoms with Crippen LogP contribution in [0.2, 0.25) is 0 Å². The summed E-state index contributed by atoms with van der Waals surface area (Å²) in [5.74, 6) is 0. The quantitative estimate of drug-likeness (QED) is 0.438. The van der Waals surface area contributed by atoms with E-state index in [9.17, 15) is 0 Å². The predicted molar refractivity (Wildman–Crippen MR) is 31.7 cm³/mol. The second-order valence-corrected chi connectivity index (χ2v) is 1.08. The van der Waals surface area contributed by atoms with Crippen molar-refractivity contribution in [3.05, 3.63) is 43.8 Å². The van der Waals surface area contributed by atoms with E-state index in [1.54, 1.807) is 0 Å². The van der Waals surface area contributed by atoms with Crippen LogP contribution in [-0.2, 0) is 19.5 Å². The molecule has 0 nitrogen and oxygen atoms in total. The summed E-state index contributed by atoms with van der Waals surface area (Å²) in [6.07, 6.45) is 0. The Bertz CT molecular complexity index is 76.3. The van der Waals surface area contributed by atoms with Crippen LogP contribution in [0.25, 0.3) is 0 Å². The van der Waals surface area contributed by atoms with Gasteiger partial charge in [0.2, 0.25) is 0 Å². The predicted octanol–water partition coefficient (Wildman–Crippen LogP) is 1.93. The van der Waals surface area contributed by atoms with Gasteiger partial charge in [0, 0.05) is 0 Å². The van der Waals surface area contributed by atoms with E-state index in [1.165, 1.54) is 0 Å². The zero-order valence-electron chi connectivity index (χ0n) is 4.72. The van der Waals surface area contributed by atoms with Crippen LogP contribution in [0.3, 0.4) is 0 Å². The Morgan fingerprint density at radius 3 is 1.50 bits per heavy atom. The van der Waals surface area contributed by atoms with Crippen molar-refractivity contribution >= 4 is 0 Å². The van der Waals surface area contributed by atoms with E-state index in [0.29, 0.717) is 0 Å². The molecular weight excluding hydrogens is 187 g/mol. The van der Waals surface area contributed by atoms with Crippen LogP contribution in [-0.4, -0.2) is 0 Å². The molecule has 0 aliphatic carbocycles. The van der Waals surface area contributed by atoms with Gasteiger partial charge in [-0.2, -0.15) is 36.4 Å². The minimum Gasteiger partial charge on any atom is -0.358 e. The summed E-state index contributed by atoms with van der Waals surface area (Å²) in [5, 5.41) is 0. The molecule has 0 atom stereocenters. The van der Waals surface area contributed by atoms with E-state index in [-0.39, 0.29) is 26.9 Å². The van der Waals surface area contributed by atoms with Crippen LogP contribution in [0.5, 0.6) is 0 Å². The van der Waals surface area contributed by atoms with Crippen molar-refractivity contribution in [1.82, 2.24) is 0 Å². The molecule has 0 aliphatic heterocycles. The molecule has 0 spiro atoms. The number of hydrogen-bond acceptors (Lipinski definition) is 0. The van der Waals surface area contributed by atoms with Gasteiger partial charge in [0.1, 0.15) is 0 Å². The first-order valence-corrected chi connectivity index (χ1v) is 1.91. The average Bonchev–Trinajstić information content (AvgIpc) is 1.72. The first-order valence-electron chi connectivity index (χ1n) is 1.91. The molecular formula is C7H8Rh. The standard InChI is InChI=1S/C6H5.CH3.Rh/c1-2-4-6-5-3-1;;/h1-5H;1H3;/q2*-1;+2. The maximum Gasteiger partial charge on any atom is 2.00 e. The molecule has 0 fully saturated rings. The van der Waals surface area contributed by atoms with Gasteiger partial charge in [0.05, 0.1) is 0 Å². The van der Waals surface area contributed by atoms with Crippen LogP contribution >= 0.6 is 0 Å². The zero-order chi connectivity index (χ0) is 4.24. The molecule has 0 unspecified atom stereocenters. The maximum absolute atomic E-state index is 2.89. The van der Waals surface area contributed by atoms with Gasteiger partial charge in [0.25, 0.3) is 0 Å².